The number of hydrogen-bond acceptors (Lipinski definition) is 4. The van der Waals surface area contributed by atoms with Gasteiger partial charge in [-0.15, -0.1) is 0 Å². The van der Waals surface area contributed by atoms with Crippen molar-refractivity contribution in [3.8, 4) is 0 Å². The standard InChI is InChI=1S/C25H26N4O/c1-19-6-2-3-8-21(19)14-23(30)28-13-10-25(17-28)18-29(16-20-7-4-11-26-15-20)22-9-5-12-27-24(22)25/h2-9,11-12,15H,10,13-14,16-18H2,1H3. The average molecular weight is 399 g/mol. The lowest BCUT2D eigenvalue weighted by molar-refractivity contribution is -0.129. The number of fused-ring (bicyclic) bond motifs is 2. The van der Waals surface area contributed by atoms with E-state index >= 15 is 0 Å². The summed E-state index contributed by atoms with van der Waals surface area (Å²) in [5.74, 6) is 0.212. The third-order valence-corrected chi connectivity index (χ3v) is 6.53. The molecule has 1 aromatic carbocycles. The lowest BCUT2D eigenvalue weighted by Gasteiger charge is -2.26. The smallest absolute Gasteiger partial charge is 0.227 e. The van der Waals surface area contributed by atoms with Crippen LogP contribution in [0.15, 0.2) is 67.1 Å². The first-order valence-corrected chi connectivity index (χ1v) is 10.6. The first kappa shape index (κ1) is 18.8. The van der Waals surface area contributed by atoms with Crippen LogP contribution in [0.4, 0.5) is 5.69 Å². The van der Waals surface area contributed by atoms with Crippen LogP contribution in [-0.2, 0) is 23.2 Å². The number of likely N-dealkylation sites (tertiary alicyclic amines) is 1. The lowest BCUT2D eigenvalue weighted by Crippen LogP contribution is -2.39. The second-order valence-corrected chi connectivity index (χ2v) is 8.54. The van der Waals surface area contributed by atoms with Crippen LogP contribution >= 0.6 is 0 Å². The molecule has 2 aliphatic heterocycles. The topological polar surface area (TPSA) is 49.3 Å². The van der Waals surface area contributed by atoms with Crippen LogP contribution in [0.1, 0.15) is 28.8 Å². The molecule has 0 saturated carbocycles. The van der Waals surface area contributed by atoms with E-state index < -0.39 is 0 Å². The van der Waals surface area contributed by atoms with E-state index in [1.807, 2.05) is 41.6 Å². The van der Waals surface area contributed by atoms with Crippen molar-refractivity contribution < 1.29 is 4.79 Å². The summed E-state index contributed by atoms with van der Waals surface area (Å²) in [6, 6.07) is 16.4. The van der Waals surface area contributed by atoms with Crippen molar-refractivity contribution in [3.63, 3.8) is 0 Å². The van der Waals surface area contributed by atoms with Crippen LogP contribution in [0, 0.1) is 6.92 Å². The Balaban J connectivity index is 1.36. The predicted octanol–water partition coefficient (Wildman–Crippen LogP) is 3.52. The van der Waals surface area contributed by atoms with E-state index in [0.29, 0.717) is 6.42 Å². The number of nitrogens with zero attached hydrogens (tertiary/aromatic N) is 4. The van der Waals surface area contributed by atoms with Gasteiger partial charge in [0.05, 0.1) is 23.2 Å². The van der Waals surface area contributed by atoms with Gasteiger partial charge in [-0.2, -0.15) is 0 Å². The van der Waals surface area contributed by atoms with E-state index in [4.69, 9.17) is 4.98 Å². The van der Waals surface area contributed by atoms with Crippen molar-refractivity contribution in [1.82, 2.24) is 14.9 Å². The SMILES string of the molecule is Cc1ccccc1CC(=O)N1CCC2(C1)CN(Cc1cccnc1)c1cccnc12. The highest BCUT2D eigenvalue weighted by atomic mass is 16.2. The van der Waals surface area contributed by atoms with Gasteiger partial charge in [0.15, 0.2) is 0 Å². The number of pyridine rings is 2. The van der Waals surface area contributed by atoms with E-state index in [9.17, 15) is 4.79 Å². The zero-order valence-corrected chi connectivity index (χ0v) is 17.3. The van der Waals surface area contributed by atoms with Crippen molar-refractivity contribution in [2.24, 2.45) is 0 Å². The number of aromatic nitrogens is 2. The Labute approximate surface area is 177 Å². The second-order valence-electron chi connectivity index (χ2n) is 8.54. The highest BCUT2D eigenvalue weighted by Crippen LogP contribution is 2.45. The van der Waals surface area contributed by atoms with Crippen molar-refractivity contribution >= 4 is 11.6 Å². The molecule has 5 rings (SSSR count). The molecule has 2 aliphatic rings. The minimum atomic E-state index is -0.0831. The number of amides is 1. The first-order valence-electron chi connectivity index (χ1n) is 10.6. The second kappa shape index (κ2) is 7.56. The van der Waals surface area contributed by atoms with Crippen LogP contribution in [-0.4, -0.2) is 40.4 Å². The van der Waals surface area contributed by atoms with Gasteiger partial charge in [0.1, 0.15) is 0 Å². The Bertz CT molecular complexity index is 1070. The molecular weight excluding hydrogens is 372 g/mol. The molecule has 1 spiro atoms. The third-order valence-electron chi connectivity index (χ3n) is 6.53. The van der Waals surface area contributed by atoms with Crippen molar-refractivity contribution in [2.45, 2.75) is 31.7 Å². The van der Waals surface area contributed by atoms with E-state index in [1.54, 1.807) is 6.20 Å². The first-order chi connectivity index (χ1) is 14.6. The van der Waals surface area contributed by atoms with Gasteiger partial charge in [-0.3, -0.25) is 14.8 Å². The van der Waals surface area contributed by atoms with Gasteiger partial charge in [0, 0.05) is 44.8 Å². The van der Waals surface area contributed by atoms with Crippen LogP contribution in [0.25, 0.3) is 0 Å². The number of rotatable bonds is 4. The van der Waals surface area contributed by atoms with Crippen LogP contribution < -0.4 is 4.90 Å². The van der Waals surface area contributed by atoms with E-state index in [2.05, 4.69) is 41.1 Å². The molecule has 1 saturated heterocycles. The fourth-order valence-electron chi connectivity index (χ4n) is 4.93. The summed E-state index contributed by atoms with van der Waals surface area (Å²) in [6.45, 7) is 5.31. The summed E-state index contributed by atoms with van der Waals surface area (Å²) >= 11 is 0. The van der Waals surface area contributed by atoms with Gasteiger partial charge >= 0.3 is 0 Å². The molecule has 1 fully saturated rings. The molecule has 0 bridgehead atoms. The molecule has 1 atom stereocenters. The van der Waals surface area contributed by atoms with Crippen LogP contribution in [0.2, 0.25) is 0 Å². The molecule has 5 heteroatoms. The molecule has 152 valence electrons. The van der Waals surface area contributed by atoms with Crippen LogP contribution in [0.5, 0.6) is 0 Å². The Morgan fingerprint density at radius 1 is 1.07 bits per heavy atom. The maximum Gasteiger partial charge on any atom is 0.227 e. The van der Waals surface area contributed by atoms with Crippen LogP contribution in [0.3, 0.4) is 0 Å². The lowest BCUT2D eigenvalue weighted by atomic mass is 9.85. The van der Waals surface area contributed by atoms with E-state index in [1.165, 1.54) is 16.8 Å². The van der Waals surface area contributed by atoms with Gasteiger partial charge in [-0.05, 0) is 48.2 Å². The molecule has 30 heavy (non-hydrogen) atoms. The highest BCUT2D eigenvalue weighted by Gasteiger charge is 2.49. The maximum absolute atomic E-state index is 13.1. The summed E-state index contributed by atoms with van der Waals surface area (Å²) in [4.78, 5) is 26.6. The Kier molecular flexibility index (Phi) is 4.74. The molecular formula is C25H26N4O. The largest absolute Gasteiger partial charge is 0.365 e. The van der Waals surface area contributed by atoms with Crippen molar-refractivity contribution in [1.29, 1.82) is 0 Å². The molecule has 2 aromatic heterocycles. The summed E-state index contributed by atoms with van der Waals surface area (Å²) in [6.07, 6.45) is 7.04. The number of aryl methyl sites for hydroxylation is 1. The van der Waals surface area contributed by atoms with Gasteiger partial charge in [0.25, 0.3) is 0 Å². The number of carbonyl (C=O) groups is 1. The van der Waals surface area contributed by atoms with Crippen molar-refractivity contribution in [3.05, 3.63) is 89.5 Å². The zero-order valence-electron chi connectivity index (χ0n) is 17.3. The summed E-state index contributed by atoms with van der Waals surface area (Å²) < 4.78 is 0. The number of carbonyl (C=O) groups excluding carboxylic acids is 1. The average Bonchev–Trinajstić information content (AvgIpc) is 3.33. The van der Waals surface area contributed by atoms with Gasteiger partial charge < -0.3 is 9.80 Å². The molecule has 4 heterocycles. The molecule has 0 radical (unpaired) electrons. The normalized spacial score (nSPS) is 20.0. The summed E-state index contributed by atoms with van der Waals surface area (Å²) in [5, 5.41) is 0. The fourth-order valence-corrected chi connectivity index (χ4v) is 4.93. The number of benzene rings is 1. The minimum Gasteiger partial charge on any atom is -0.365 e. The predicted molar refractivity (Wildman–Crippen MR) is 117 cm³/mol. The molecule has 0 N–H and O–H groups in total. The summed E-state index contributed by atoms with van der Waals surface area (Å²) in [7, 11) is 0. The number of hydrogen-bond donors (Lipinski definition) is 0. The fraction of sp³-hybridized carbons (Fsp3) is 0.320. The molecule has 0 aliphatic carbocycles. The Morgan fingerprint density at radius 2 is 1.93 bits per heavy atom. The van der Waals surface area contributed by atoms with Gasteiger partial charge in [-0.1, -0.05) is 30.3 Å². The minimum absolute atomic E-state index is 0.0831. The highest BCUT2D eigenvalue weighted by molar-refractivity contribution is 5.80. The zero-order chi connectivity index (χ0) is 20.6. The van der Waals surface area contributed by atoms with E-state index in [0.717, 1.165) is 43.9 Å². The molecule has 1 unspecified atom stereocenters. The Hall–Kier alpha value is -3.21. The maximum atomic E-state index is 13.1. The molecule has 3 aromatic rings. The van der Waals surface area contributed by atoms with Gasteiger partial charge in [0.2, 0.25) is 5.91 Å². The number of anilines is 1. The van der Waals surface area contributed by atoms with Gasteiger partial charge in [-0.25, -0.2) is 0 Å². The summed E-state index contributed by atoms with van der Waals surface area (Å²) in [5.41, 5.74) is 5.73. The Morgan fingerprint density at radius 3 is 2.77 bits per heavy atom. The third kappa shape index (κ3) is 3.34. The molecule has 1 amide bonds. The molecule has 5 nitrogen and oxygen atoms in total. The van der Waals surface area contributed by atoms with Crippen molar-refractivity contribution in [2.75, 3.05) is 24.5 Å². The quantitative estimate of drug-likeness (QED) is 0.675. The monoisotopic (exact) mass is 398 g/mol. The van der Waals surface area contributed by atoms with E-state index in [-0.39, 0.29) is 11.3 Å².